The van der Waals surface area contributed by atoms with E-state index in [0.717, 1.165) is 4.90 Å². The van der Waals surface area contributed by atoms with Crippen LogP contribution in [0.2, 0.25) is 0 Å². The zero-order valence-corrected chi connectivity index (χ0v) is 19.8. The molecular weight excluding hydrogens is 492 g/mol. The van der Waals surface area contributed by atoms with Crippen LogP contribution < -0.4 is 16.4 Å². The fourth-order valence-electron chi connectivity index (χ4n) is 3.94. The summed E-state index contributed by atoms with van der Waals surface area (Å²) in [5, 5.41) is 41.6. The highest BCUT2D eigenvalue weighted by Gasteiger charge is 2.38. The van der Waals surface area contributed by atoms with Crippen molar-refractivity contribution in [2.75, 3.05) is 6.54 Å². The highest BCUT2D eigenvalue weighted by molar-refractivity contribution is 5.95. The van der Waals surface area contributed by atoms with Crippen LogP contribution >= 0.6 is 0 Å². The number of nitrogens with two attached hydrogens (primary N) is 1. The zero-order chi connectivity index (χ0) is 27.7. The number of likely N-dealkylation sites (tertiary alicyclic amines) is 1. The van der Waals surface area contributed by atoms with Crippen LogP contribution in [0.15, 0.2) is 24.3 Å². The van der Waals surface area contributed by atoms with Gasteiger partial charge < -0.3 is 41.7 Å². The number of amides is 3. The molecule has 0 aromatic heterocycles. The quantitative estimate of drug-likeness (QED) is 0.160. The van der Waals surface area contributed by atoms with Crippen molar-refractivity contribution >= 4 is 35.6 Å². The van der Waals surface area contributed by atoms with Crippen LogP contribution in [0.3, 0.4) is 0 Å². The Bertz CT molecular complexity index is 1030. The predicted octanol–water partition coefficient (Wildman–Crippen LogP) is -1.35. The maximum absolute atomic E-state index is 13.0. The van der Waals surface area contributed by atoms with Crippen LogP contribution in [0, 0.1) is 0 Å². The van der Waals surface area contributed by atoms with E-state index in [9.17, 15) is 39.0 Å². The summed E-state index contributed by atoms with van der Waals surface area (Å²) in [5.41, 5.74) is 6.14. The molecule has 0 radical (unpaired) electrons. The first-order chi connectivity index (χ1) is 17.4. The topological polar surface area (TPSA) is 237 Å². The molecule has 0 saturated carbocycles. The number of carboxylic acids is 3. The third-order valence-electron chi connectivity index (χ3n) is 5.82. The van der Waals surface area contributed by atoms with Gasteiger partial charge >= 0.3 is 17.9 Å². The smallest absolute Gasteiger partial charge is 0.326 e. The summed E-state index contributed by atoms with van der Waals surface area (Å²) in [6.45, 7) is 0.143. The Kier molecular flexibility index (Phi) is 10.4. The molecule has 4 atom stereocenters. The van der Waals surface area contributed by atoms with E-state index in [2.05, 4.69) is 10.6 Å². The average molecular weight is 523 g/mol. The molecule has 1 fully saturated rings. The van der Waals surface area contributed by atoms with E-state index in [0.29, 0.717) is 12.0 Å². The number of nitrogens with zero attached hydrogens (tertiary/aromatic N) is 1. The summed E-state index contributed by atoms with van der Waals surface area (Å²) in [5.74, 6) is -6.38. The number of aliphatic carboxylic acids is 3. The fourth-order valence-corrected chi connectivity index (χ4v) is 3.94. The third-order valence-corrected chi connectivity index (χ3v) is 5.82. The van der Waals surface area contributed by atoms with Gasteiger partial charge in [-0.1, -0.05) is 12.1 Å². The molecule has 0 bridgehead atoms. The standard InChI is InChI=1S/C23H30N4O10/c24-14(11-19(31)32)22(35)27-9-1-2-17(27)21(34)25-15(7-8-18(29)30)20(33)26-16(23(36)37)10-12-3-5-13(28)6-4-12/h3-6,14-17,28H,1-2,7-11,24H2,(H,25,34)(H,26,33)(H,29,30)(H,31,32)(H,36,37). The van der Waals surface area contributed by atoms with E-state index in [1.165, 1.54) is 24.3 Å². The molecule has 1 aromatic carbocycles. The number of hydrogen-bond acceptors (Lipinski definition) is 8. The molecule has 202 valence electrons. The fraction of sp³-hybridized carbons (Fsp3) is 0.478. The highest BCUT2D eigenvalue weighted by atomic mass is 16.4. The van der Waals surface area contributed by atoms with Crippen molar-refractivity contribution in [3.8, 4) is 5.75 Å². The summed E-state index contributed by atoms with van der Waals surface area (Å²) in [7, 11) is 0. The lowest BCUT2D eigenvalue weighted by atomic mass is 10.0. The van der Waals surface area contributed by atoms with Crippen molar-refractivity contribution < 1.29 is 49.2 Å². The molecule has 14 nitrogen and oxygen atoms in total. The van der Waals surface area contributed by atoms with Gasteiger partial charge in [-0.2, -0.15) is 0 Å². The molecule has 14 heteroatoms. The molecule has 0 spiro atoms. The summed E-state index contributed by atoms with van der Waals surface area (Å²) < 4.78 is 0. The number of carboxylic acid groups (broad SMARTS) is 3. The second-order valence-corrected chi connectivity index (χ2v) is 8.66. The van der Waals surface area contributed by atoms with Crippen LogP contribution in [0.4, 0.5) is 0 Å². The molecule has 2 rings (SSSR count). The lowest BCUT2D eigenvalue weighted by Crippen LogP contribution is -2.57. The third kappa shape index (κ3) is 8.75. The van der Waals surface area contributed by atoms with E-state index in [4.69, 9.17) is 15.9 Å². The first kappa shape index (κ1) is 29.0. The number of hydrogen-bond donors (Lipinski definition) is 7. The van der Waals surface area contributed by atoms with Gasteiger partial charge in [0, 0.05) is 19.4 Å². The maximum Gasteiger partial charge on any atom is 0.326 e. The highest BCUT2D eigenvalue weighted by Crippen LogP contribution is 2.19. The van der Waals surface area contributed by atoms with E-state index in [1.54, 1.807) is 0 Å². The van der Waals surface area contributed by atoms with E-state index in [1.807, 2.05) is 0 Å². The molecule has 1 aliphatic heterocycles. The van der Waals surface area contributed by atoms with Crippen LogP contribution in [0.1, 0.15) is 37.7 Å². The van der Waals surface area contributed by atoms with Crippen molar-refractivity contribution in [2.24, 2.45) is 5.73 Å². The van der Waals surface area contributed by atoms with Gasteiger partial charge in [-0.15, -0.1) is 0 Å². The van der Waals surface area contributed by atoms with Crippen LogP contribution in [-0.4, -0.2) is 91.7 Å². The molecule has 4 unspecified atom stereocenters. The molecule has 1 aliphatic rings. The molecule has 1 saturated heterocycles. The summed E-state index contributed by atoms with van der Waals surface area (Å²) in [6, 6.07) is 0.388. The largest absolute Gasteiger partial charge is 0.508 e. The minimum Gasteiger partial charge on any atom is -0.508 e. The van der Waals surface area contributed by atoms with Crippen molar-refractivity contribution in [3.05, 3.63) is 29.8 Å². The minimum absolute atomic E-state index is 0.0283. The maximum atomic E-state index is 13.0. The number of nitrogens with one attached hydrogen (secondary N) is 2. The number of aromatic hydroxyl groups is 1. The molecule has 1 aromatic rings. The number of phenolic OH excluding ortho intramolecular Hbond substituents is 1. The van der Waals surface area contributed by atoms with Crippen molar-refractivity contribution in [1.29, 1.82) is 0 Å². The molecular formula is C23H30N4O10. The molecule has 1 heterocycles. The lowest BCUT2D eigenvalue weighted by Gasteiger charge is -2.28. The van der Waals surface area contributed by atoms with Crippen LogP contribution in [0.5, 0.6) is 5.75 Å². The van der Waals surface area contributed by atoms with Crippen LogP contribution in [0.25, 0.3) is 0 Å². The Morgan fingerprint density at radius 1 is 0.973 bits per heavy atom. The molecule has 8 N–H and O–H groups in total. The van der Waals surface area contributed by atoms with Gasteiger partial charge in [0.1, 0.15) is 23.9 Å². The van der Waals surface area contributed by atoms with Gasteiger partial charge in [-0.05, 0) is 37.0 Å². The van der Waals surface area contributed by atoms with Gasteiger partial charge in [0.25, 0.3) is 0 Å². The predicted molar refractivity (Wildman–Crippen MR) is 125 cm³/mol. The Labute approximate surface area is 211 Å². The van der Waals surface area contributed by atoms with Crippen molar-refractivity contribution in [3.63, 3.8) is 0 Å². The number of carbonyl (C=O) groups is 6. The van der Waals surface area contributed by atoms with Crippen molar-refractivity contribution in [2.45, 2.75) is 62.7 Å². The Morgan fingerprint density at radius 2 is 1.62 bits per heavy atom. The first-order valence-electron chi connectivity index (χ1n) is 11.5. The van der Waals surface area contributed by atoms with Gasteiger partial charge in [0.05, 0.1) is 12.5 Å². The number of phenols is 1. The Morgan fingerprint density at radius 3 is 2.19 bits per heavy atom. The van der Waals surface area contributed by atoms with Crippen molar-refractivity contribution in [1.82, 2.24) is 15.5 Å². The number of rotatable bonds is 13. The summed E-state index contributed by atoms with van der Waals surface area (Å²) in [6.07, 6.45) is -1.01. The SMILES string of the molecule is NC(CC(=O)O)C(=O)N1CCCC1C(=O)NC(CCC(=O)O)C(=O)NC(Cc1ccc(O)cc1)C(=O)O. The van der Waals surface area contributed by atoms with Gasteiger partial charge in [0.15, 0.2) is 0 Å². The lowest BCUT2D eigenvalue weighted by molar-refractivity contribution is -0.145. The van der Waals surface area contributed by atoms with Gasteiger partial charge in [0.2, 0.25) is 17.7 Å². The van der Waals surface area contributed by atoms with E-state index in [-0.39, 0.29) is 31.6 Å². The monoisotopic (exact) mass is 522 g/mol. The number of benzene rings is 1. The second kappa shape index (κ2) is 13.2. The van der Waals surface area contributed by atoms with Crippen LogP contribution in [-0.2, 0) is 35.2 Å². The number of carbonyl (C=O) groups excluding carboxylic acids is 3. The minimum atomic E-state index is -1.42. The van der Waals surface area contributed by atoms with E-state index >= 15 is 0 Å². The Balaban J connectivity index is 2.13. The summed E-state index contributed by atoms with van der Waals surface area (Å²) in [4.78, 5) is 73.3. The summed E-state index contributed by atoms with van der Waals surface area (Å²) >= 11 is 0. The first-order valence-corrected chi connectivity index (χ1v) is 11.5. The zero-order valence-electron chi connectivity index (χ0n) is 19.8. The van der Waals surface area contributed by atoms with E-state index < -0.39 is 72.6 Å². The second-order valence-electron chi connectivity index (χ2n) is 8.66. The molecule has 37 heavy (non-hydrogen) atoms. The Hall–Kier alpha value is -4.20. The van der Waals surface area contributed by atoms with Gasteiger partial charge in [-0.3, -0.25) is 24.0 Å². The average Bonchev–Trinajstić information content (AvgIpc) is 3.31. The van der Waals surface area contributed by atoms with Gasteiger partial charge in [-0.25, -0.2) is 4.79 Å². The molecule has 3 amide bonds. The normalized spacial score (nSPS) is 17.3. The molecule has 0 aliphatic carbocycles.